The lowest BCUT2D eigenvalue weighted by Crippen LogP contribution is -2.35. The lowest BCUT2D eigenvalue weighted by Gasteiger charge is -2.12. The van der Waals surface area contributed by atoms with E-state index in [-0.39, 0.29) is 11.7 Å². The second kappa shape index (κ2) is 7.99. The van der Waals surface area contributed by atoms with E-state index in [1.54, 1.807) is 44.2 Å². The molecule has 2 aromatic rings. The molecule has 0 radical (unpaired) electrons. The minimum atomic E-state index is -3.81. The van der Waals surface area contributed by atoms with Crippen LogP contribution in [0.15, 0.2) is 40.3 Å². The van der Waals surface area contributed by atoms with Gasteiger partial charge in [0.05, 0.1) is 17.7 Å². The molecule has 0 spiro atoms. The van der Waals surface area contributed by atoms with Crippen molar-refractivity contribution < 1.29 is 22.7 Å². The van der Waals surface area contributed by atoms with E-state index in [1.807, 2.05) is 6.92 Å². The highest BCUT2D eigenvalue weighted by Gasteiger charge is 2.20. The van der Waals surface area contributed by atoms with Crippen LogP contribution in [0.25, 0.3) is 0 Å². The first kappa shape index (κ1) is 19.8. The Morgan fingerprint density at radius 2 is 1.79 bits per heavy atom. The number of hydrogen-bond donors (Lipinski definition) is 2. The van der Waals surface area contributed by atoms with Gasteiger partial charge in [-0.2, -0.15) is 5.10 Å². The number of fused-ring (bicyclic) bond motifs is 1. The summed E-state index contributed by atoms with van der Waals surface area (Å²) >= 11 is 0. The average Bonchev–Trinajstić information content (AvgIpc) is 3.06. The summed E-state index contributed by atoms with van der Waals surface area (Å²) in [6.07, 6.45) is 1.43. The number of carbonyl (C=O) groups is 1. The number of hydrazone groups is 1. The maximum Gasteiger partial charge on any atom is 0.255 e. The van der Waals surface area contributed by atoms with Crippen molar-refractivity contribution >= 4 is 22.1 Å². The summed E-state index contributed by atoms with van der Waals surface area (Å²) in [5.74, 6) is 0.673. The minimum absolute atomic E-state index is 0.173. The fourth-order valence-electron chi connectivity index (χ4n) is 3.04. The van der Waals surface area contributed by atoms with Gasteiger partial charge in [0.25, 0.3) is 5.91 Å². The maximum atomic E-state index is 12.5. The van der Waals surface area contributed by atoms with Crippen LogP contribution in [0, 0.1) is 20.8 Å². The molecule has 1 amide bonds. The summed E-state index contributed by atoms with van der Waals surface area (Å²) in [5.41, 5.74) is 5.24. The van der Waals surface area contributed by atoms with Crippen LogP contribution in [0.5, 0.6) is 11.5 Å². The van der Waals surface area contributed by atoms with Gasteiger partial charge in [-0.25, -0.2) is 18.6 Å². The average molecular weight is 403 g/mol. The molecule has 28 heavy (non-hydrogen) atoms. The number of ether oxygens (including phenoxy) is 2. The molecule has 0 fully saturated rings. The van der Waals surface area contributed by atoms with Crippen LogP contribution in [-0.2, 0) is 14.8 Å². The van der Waals surface area contributed by atoms with Crippen LogP contribution in [0.3, 0.4) is 0 Å². The van der Waals surface area contributed by atoms with Crippen molar-refractivity contribution in [2.75, 3.05) is 13.3 Å². The van der Waals surface area contributed by atoms with E-state index in [2.05, 4.69) is 15.2 Å². The lowest BCUT2D eigenvalue weighted by atomic mass is 10.1. The van der Waals surface area contributed by atoms with Crippen molar-refractivity contribution in [2.24, 2.45) is 5.10 Å². The summed E-state index contributed by atoms with van der Waals surface area (Å²) in [4.78, 5) is 12.1. The molecule has 148 valence electrons. The number of nitrogens with one attached hydrogen (secondary N) is 2. The number of aryl methyl sites for hydroxylation is 3. The van der Waals surface area contributed by atoms with Gasteiger partial charge < -0.3 is 9.47 Å². The molecule has 3 rings (SSSR count). The van der Waals surface area contributed by atoms with E-state index in [1.165, 1.54) is 6.21 Å². The second-order valence-corrected chi connectivity index (χ2v) is 8.16. The van der Waals surface area contributed by atoms with Gasteiger partial charge in [0.15, 0.2) is 11.5 Å². The highest BCUT2D eigenvalue weighted by atomic mass is 32.2. The van der Waals surface area contributed by atoms with Crippen LogP contribution in [0.1, 0.15) is 22.3 Å². The van der Waals surface area contributed by atoms with E-state index in [0.29, 0.717) is 28.2 Å². The highest BCUT2D eigenvalue weighted by molar-refractivity contribution is 7.89. The van der Waals surface area contributed by atoms with Gasteiger partial charge in [-0.3, -0.25) is 4.79 Å². The predicted molar refractivity (Wildman–Crippen MR) is 104 cm³/mol. The quantitative estimate of drug-likeness (QED) is 0.565. The van der Waals surface area contributed by atoms with Crippen LogP contribution < -0.4 is 19.6 Å². The number of hydrogen-bond acceptors (Lipinski definition) is 6. The zero-order chi connectivity index (χ0) is 20.3. The van der Waals surface area contributed by atoms with Crippen molar-refractivity contribution in [3.05, 3.63) is 52.6 Å². The van der Waals surface area contributed by atoms with Gasteiger partial charge in [0.2, 0.25) is 16.8 Å². The third kappa shape index (κ3) is 4.49. The SMILES string of the molecule is Cc1cc(C)c(S(=O)(=O)NCC(=O)N/N=C\c2ccc3c(c2)OCO3)c(C)c1. The van der Waals surface area contributed by atoms with E-state index in [4.69, 9.17) is 9.47 Å². The molecule has 8 nitrogen and oxygen atoms in total. The monoisotopic (exact) mass is 403 g/mol. The van der Waals surface area contributed by atoms with Crippen molar-refractivity contribution in [1.82, 2.24) is 10.1 Å². The van der Waals surface area contributed by atoms with Crippen LogP contribution in [0.2, 0.25) is 0 Å². The standard InChI is InChI=1S/C19H21N3O5S/c1-12-6-13(2)19(14(3)7-12)28(24,25)21-10-18(23)22-20-9-15-4-5-16-17(8-15)27-11-26-16/h4-9,21H,10-11H2,1-3H3,(H,22,23)/b20-9-. The van der Waals surface area contributed by atoms with Gasteiger partial charge >= 0.3 is 0 Å². The van der Waals surface area contributed by atoms with E-state index < -0.39 is 22.5 Å². The Bertz CT molecular complexity index is 1020. The van der Waals surface area contributed by atoms with Gasteiger partial charge in [0.1, 0.15) is 0 Å². The number of nitrogens with zero attached hydrogens (tertiary/aromatic N) is 1. The summed E-state index contributed by atoms with van der Waals surface area (Å²) in [7, 11) is -3.81. The molecular formula is C19H21N3O5S. The van der Waals surface area contributed by atoms with Crippen molar-refractivity contribution in [1.29, 1.82) is 0 Å². The highest BCUT2D eigenvalue weighted by Crippen LogP contribution is 2.31. The molecule has 0 aromatic heterocycles. The zero-order valence-corrected chi connectivity index (χ0v) is 16.6. The van der Waals surface area contributed by atoms with Gasteiger partial charge in [-0.15, -0.1) is 0 Å². The Morgan fingerprint density at radius 3 is 2.50 bits per heavy atom. The molecule has 2 N–H and O–H groups in total. The van der Waals surface area contributed by atoms with Crippen LogP contribution in [-0.4, -0.2) is 33.9 Å². The van der Waals surface area contributed by atoms with Gasteiger partial charge in [-0.1, -0.05) is 17.7 Å². The first-order valence-corrected chi connectivity index (χ1v) is 10.0. The summed E-state index contributed by atoms with van der Waals surface area (Å²) in [6.45, 7) is 5.10. The summed E-state index contributed by atoms with van der Waals surface area (Å²) < 4.78 is 37.9. The van der Waals surface area contributed by atoms with E-state index in [9.17, 15) is 13.2 Å². The largest absolute Gasteiger partial charge is 0.454 e. The second-order valence-electron chi connectivity index (χ2n) is 6.46. The fraction of sp³-hybridized carbons (Fsp3) is 0.263. The Balaban J connectivity index is 1.58. The molecule has 1 aliphatic rings. The smallest absolute Gasteiger partial charge is 0.255 e. The number of sulfonamides is 1. The Kier molecular flexibility index (Phi) is 5.66. The van der Waals surface area contributed by atoms with Crippen molar-refractivity contribution in [3.8, 4) is 11.5 Å². The van der Waals surface area contributed by atoms with Gasteiger partial charge in [-0.05, 0) is 55.7 Å². The third-order valence-electron chi connectivity index (χ3n) is 4.10. The molecule has 0 aliphatic carbocycles. The molecule has 0 saturated heterocycles. The lowest BCUT2D eigenvalue weighted by molar-refractivity contribution is -0.119. The van der Waals surface area contributed by atoms with E-state index >= 15 is 0 Å². The number of rotatable bonds is 6. The first-order chi connectivity index (χ1) is 13.3. The third-order valence-corrected chi connectivity index (χ3v) is 5.80. The Hall–Kier alpha value is -2.91. The predicted octanol–water partition coefficient (Wildman–Crippen LogP) is 1.77. The molecule has 0 unspecified atom stereocenters. The molecule has 0 bridgehead atoms. The zero-order valence-electron chi connectivity index (χ0n) is 15.8. The molecule has 0 saturated carbocycles. The molecular weight excluding hydrogens is 382 g/mol. The molecule has 1 aliphatic heterocycles. The summed E-state index contributed by atoms with van der Waals surface area (Å²) in [6, 6.07) is 8.80. The summed E-state index contributed by atoms with van der Waals surface area (Å²) in [5, 5.41) is 3.83. The molecule has 9 heteroatoms. The van der Waals surface area contributed by atoms with E-state index in [0.717, 1.165) is 5.56 Å². The number of benzene rings is 2. The van der Waals surface area contributed by atoms with Crippen molar-refractivity contribution in [2.45, 2.75) is 25.7 Å². The number of amides is 1. The molecule has 0 atom stereocenters. The number of carbonyl (C=O) groups excluding carboxylic acids is 1. The van der Waals surface area contributed by atoms with Crippen LogP contribution in [0.4, 0.5) is 0 Å². The Morgan fingerprint density at radius 1 is 1.11 bits per heavy atom. The molecule has 1 heterocycles. The normalized spacial score (nSPS) is 13.1. The first-order valence-electron chi connectivity index (χ1n) is 8.55. The fourth-order valence-corrected chi connectivity index (χ4v) is 4.47. The van der Waals surface area contributed by atoms with Crippen LogP contribution >= 0.6 is 0 Å². The molecule has 2 aromatic carbocycles. The minimum Gasteiger partial charge on any atom is -0.454 e. The topological polar surface area (TPSA) is 106 Å². The maximum absolute atomic E-state index is 12.5. The Labute approximate surface area is 163 Å². The van der Waals surface area contributed by atoms with Crippen molar-refractivity contribution in [3.63, 3.8) is 0 Å². The van der Waals surface area contributed by atoms with Gasteiger partial charge in [0, 0.05) is 0 Å².